The van der Waals surface area contributed by atoms with Crippen LogP contribution in [0.1, 0.15) is 29.8 Å². The zero-order chi connectivity index (χ0) is 16.1. The summed E-state index contributed by atoms with van der Waals surface area (Å²) in [5.74, 6) is 0. The molecule has 0 radical (unpaired) electrons. The molecule has 2 unspecified atom stereocenters. The number of nitrogens with zero attached hydrogens (tertiary/aromatic N) is 2. The number of aliphatic hydroxyl groups is 1. The van der Waals surface area contributed by atoms with Crippen molar-refractivity contribution in [3.63, 3.8) is 0 Å². The minimum absolute atomic E-state index is 0.146. The van der Waals surface area contributed by atoms with E-state index in [0.29, 0.717) is 13.1 Å². The van der Waals surface area contributed by atoms with Gasteiger partial charge in [-0.2, -0.15) is 0 Å². The molecule has 0 aliphatic carbocycles. The van der Waals surface area contributed by atoms with Crippen LogP contribution in [0.2, 0.25) is 0 Å². The maximum Gasteiger partial charge on any atom is 0.0791 e. The first-order valence-electron chi connectivity index (χ1n) is 8.34. The first-order valence-corrected chi connectivity index (χ1v) is 8.34. The van der Waals surface area contributed by atoms with Gasteiger partial charge in [0.05, 0.1) is 11.8 Å². The second kappa shape index (κ2) is 7.68. The number of nitrogens with one attached hydrogen (secondary N) is 1. The van der Waals surface area contributed by atoms with Crippen LogP contribution in [0.5, 0.6) is 0 Å². The molecule has 0 bridgehead atoms. The molecule has 122 valence electrons. The molecule has 1 aromatic heterocycles. The maximum absolute atomic E-state index is 10.3. The SMILES string of the molecule is CC(NCC(O)CN1CCc2ccccc2C1)c1ccccn1. The Bertz CT molecular complexity index is 617. The summed E-state index contributed by atoms with van der Waals surface area (Å²) in [5, 5.41) is 13.7. The predicted octanol–water partition coefficient (Wildman–Crippen LogP) is 2.15. The Morgan fingerprint density at radius 2 is 1.96 bits per heavy atom. The second-order valence-corrected chi connectivity index (χ2v) is 6.29. The average molecular weight is 311 g/mol. The molecule has 1 aromatic carbocycles. The minimum Gasteiger partial charge on any atom is -0.390 e. The molecule has 1 aliphatic heterocycles. The Labute approximate surface area is 138 Å². The number of rotatable bonds is 6. The van der Waals surface area contributed by atoms with Crippen LogP contribution in [-0.4, -0.2) is 40.7 Å². The van der Waals surface area contributed by atoms with Crippen molar-refractivity contribution in [3.8, 4) is 0 Å². The average Bonchev–Trinajstić information content (AvgIpc) is 2.60. The van der Waals surface area contributed by atoms with E-state index in [9.17, 15) is 5.11 Å². The highest BCUT2D eigenvalue weighted by Crippen LogP contribution is 2.18. The van der Waals surface area contributed by atoms with E-state index in [0.717, 1.165) is 25.2 Å². The summed E-state index contributed by atoms with van der Waals surface area (Å²) in [7, 11) is 0. The molecule has 4 heteroatoms. The smallest absolute Gasteiger partial charge is 0.0791 e. The van der Waals surface area contributed by atoms with E-state index in [4.69, 9.17) is 0 Å². The third-order valence-electron chi connectivity index (χ3n) is 4.47. The molecule has 2 N–H and O–H groups in total. The summed E-state index contributed by atoms with van der Waals surface area (Å²) in [6.45, 7) is 5.31. The largest absolute Gasteiger partial charge is 0.390 e. The quantitative estimate of drug-likeness (QED) is 0.858. The number of pyridine rings is 1. The molecule has 0 saturated heterocycles. The van der Waals surface area contributed by atoms with Gasteiger partial charge < -0.3 is 10.4 Å². The monoisotopic (exact) mass is 311 g/mol. The number of benzene rings is 1. The van der Waals surface area contributed by atoms with E-state index >= 15 is 0 Å². The Morgan fingerprint density at radius 3 is 2.74 bits per heavy atom. The molecule has 0 amide bonds. The van der Waals surface area contributed by atoms with Crippen LogP contribution < -0.4 is 5.32 Å². The van der Waals surface area contributed by atoms with Crippen LogP contribution in [0.3, 0.4) is 0 Å². The number of aromatic nitrogens is 1. The van der Waals surface area contributed by atoms with Gasteiger partial charge in [-0.3, -0.25) is 9.88 Å². The Balaban J connectivity index is 1.46. The molecule has 2 aromatic rings. The van der Waals surface area contributed by atoms with E-state index in [-0.39, 0.29) is 12.1 Å². The summed E-state index contributed by atoms with van der Waals surface area (Å²) in [6.07, 6.45) is 2.50. The van der Waals surface area contributed by atoms with E-state index < -0.39 is 0 Å². The highest BCUT2D eigenvalue weighted by atomic mass is 16.3. The number of hydrogen-bond donors (Lipinski definition) is 2. The summed E-state index contributed by atoms with van der Waals surface area (Å²) in [6, 6.07) is 14.6. The molecule has 0 saturated carbocycles. The second-order valence-electron chi connectivity index (χ2n) is 6.29. The molecule has 1 aliphatic rings. The van der Waals surface area contributed by atoms with Crippen LogP contribution in [0.15, 0.2) is 48.7 Å². The molecule has 2 atom stereocenters. The molecule has 0 fully saturated rings. The molecule has 3 rings (SSSR count). The van der Waals surface area contributed by atoms with Gasteiger partial charge in [-0.1, -0.05) is 30.3 Å². The Hall–Kier alpha value is -1.75. The summed E-state index contributed by atoms with van der Waals surface area (Å²) >= 11 is 0. The number of β-amino-alcohol motifs (C(OH)–C–C–N with tert-alkyl or cyclic N) is 1. The maximum atomic E-state index is 10.3. The Morgan fingerprint density at radius 1 is 1.17 bits per heavy atom. The summed E-state index contributed by atoms with van der Waals surface area (Å²) < 4.78 is 0. The summed E-state index contributed by atoms with van der Waals surface area (Å²) in [5.41, 5.74) is 3.84. The van der Waals surface area contributed by atoms with Gasteiger partial charge >= 0.3 is 0 Å². The first kappa shape index (κ1) is 16.1. The lowest BCUT2D eigenvalue weighted by Gasteiger charge is -2.30. The lowest BCUT2D eigenvalue weighted by Crippen LogP contribution is -2.41. The first-order chi connectivity index (χ1) is 11.2. The third-order valence-corrected chi connectivity index (χ3v) is 4.47. The van der Waals surface area contributed by atoms with Crippen molar-refractivity contribution in [1.82, 2.24) is 15.2 Å². The lowest BCUT2D eigenvalue weighted by atomic mass is 10.00. The van der Waals surface area contributed by atoms with Crippen LogP contribution in [0, 0.1) is 0 Å². The zero-order valence-electron chi connectivity index (χ0n) is 13.7. The van der Waals surface area contributed by atoms with E-state index in [1.165, 1.54) is 11.1 Å². The van der Waals surface area contributed by atoms with Gasteiger partial charge in [0.15, 0.2) is 0 Å². The fourth-order valence-electron chi connectivity index (χ4n) is 3.12. The van der Waals surface area contributed by atoms with Gasteiger partial charge in [0.25, 0.3) is 0 Å². The van der Waals surface area contributed by atoms with Crippen molar-refractivity contribution in [2.45, 2.75) is 32.0 Å². The fourth-order valence-corrected chi connectivity index (χ4v) is 3.12. The minimum atomic E-state index is -0.369. The van der Waals surface area contributed by atoms with Crippen LogP contribution in [0.25, 0.3) is 0 Å². The fraction of sp³-hybridized carbons (Fsp3) is 0.421. The van der Waals surface area contributed by atoms with Gasteiger partial charge in [0.2, 0.25) is 0 Å². The topological polar surface area (TPSA) is 48.4 Å². The van der Waals surface area contributed by atoms with E-state index in [1.54, 1.807) is 6.20 Å². The van der Waals surface area contributed by atoms with Gasteiger partial charge in [-0.05, 0) is 36.6 Å². The van der Waals surface area contributed by atoms with Gasteiger partial charge in [-0.15, -0.1) is 0 Å². The van der Waals surface area contributed by atoms with Gasteiger partial charge in [0.1, 0.15) is 0 Å². The molecule has 23 heavy (non-hydrogen) atoms. The van der Waals surface area contributed by atoms with E-state index in [2.05, 4.69) is 46.4 Å². The van der Waals surface area contributed by atoms with Crippen LogP contribution in [-0.2, 0) is 13.0 Å². The molecular formula is C19H25N3O. The van der Waals surface area contributed by atoms with Gasteiger partial charge in [-0.25, -0.2) is 0 Å². The highest BCUT2D eigenvalue weighted by molar-refractivity contribution is 5.29. The summed E-state index contributed by atoms with van der Waals surface area (Å²) in [4.78, 5) is 6.68. The van der Waals surface area contributed by atoms with Crippen molar-refractivity contribution in [2.75, 3.05) is 19.6 Å². The van der Waals surface area contributed by atoms with Crippen molar-refractivity contribution < 1.29 is 5.11 Å². The molecule has 4 nitrogen and oxygen atoms in total. The van der Waals surface area contributed by atoms with E-state index in [1.807, 2.05) is 18.2 Å². The predicted molar refractivity (Wildman–Crippen MR) is 92.1 cm³/mol. The van der Waals surface area contributed by atoms with Crippen LogP contribution >= 0.6 is 0 Å². The van der Waals surface area contributed by atoms with Crippen LogP contribution in [0.4, 0.5) is 0 Å². The number of fused-ring (bicyclic) bond motifs is 1. The highest BCUT2D eigenvalue weighted by Gasteiger charge is 2.18. The normalized spacial score (nSPS) is 17.5. The molecule has 2 heterocycles. The van der Waals surface area contributed by atoms with Crippen molar-refractivity contribution >= 4 is 0 Å². The number of aliphatic hydroxyl groups excluding tert-OH is 1. The Kier molecular flexibility index (Phi) is 5.39. The van der Waals surface area contributed by atoms with Gasteiger partial charge in [0, 0.05) is 38.4 Å². The van der Waals surface area contributed by atoms with Crippen molar-refractivity contribution in [2.24, 2.45) is 0 Å². The third kappa shape index (κ3) is 4.38. The lowest BCUT2D eigenvalue weighted by molar-refractivity contribution is 0.102. The molecular weight excluding hydrogens is 286 g/mol. The standard InChI is InChI=1S/C19H25N3O/c1-15(19-8-4-5-10-20-19)21-12-18(23)14-22-11-9-16-6-2-3-7-17(16)13-22/h2-8,10,15,18,21,23H,9,11-14H2,1H3. The molecule has 0 spiro atoms. The zero-order valence-corrected chi connectivity index (χ0v) is 13.7. The number of hydrogen-bond acceptors (Lipinski definition) is 4. The van der Waals surface area contributed by atoms with Crippen molar-refractivity contribution in [3.05, 3.63) is 65.5 Å². The van der Waals surface area contributed by atoms with Crippen molar-refractivity contribution in [1.29, 1.82) is 0 Å².